The first-order chi connectivity index (χ1) is 16.7. The maximum absolute atomic E-state index is 6.06. The van der Waals surface area contributed by atoms with E-state index in [-0.39, 0.29) is 12.6 Å². The van der Waals surface area contributed by atoms with Gasteiger partial charge in [0.05, 0.1) is 11.7 Å². The molecule has 2 heterocycles. The fraction of sp³-hybridized carbons (Fsp3) is 0.148. The zero-order valence-electron chi connectivity index (χ0n) is 18.5. The molecule has 0 aliphatic carbocycles. The Morgan fingerprint density at radius 3 is 2.15 bits per heavy atom. The number of nitrogens with two attached hydrogens (primary N) is 1. The smallest absolute Gasteiger partial charge is 0.276 e. The van der Waals surface area contributed by atoms with Crippen molar-refractivity contribution in [1.82, 2.24) is 10.2 Å². The Bertz CT molecular complexity index is 1280. The maximum Gasteiger partial charge on any atom is 0.276 e. The van der Waals surface area contributed by atoms with E-state index in [0.29, 0.717) is 36.3 Å². The highest BCUT2D eigenvalue weighted by molar-refractivity contribution is 5.80. The Labute approximate surface area is 197 Å². The Kier molecular flexibility index (Phi) is 6.45. The number of hydrogen-bond acceptors (Lipinski definition) is 7. The summed E-state index contributed by atoms with van der Waals surface area (Å²) in [5.41, 5.74) is 10.5. The number of nitrogens with zero attached hydrogens (tertiary/aromatic N) is 3. The van der Waals surface area contributed by atoms with Crippen molar-refractivity contribution in [3.05, 3.63) is 107 Å². The summed E-state index contributed by atoms with van der Waals surface area (Å²) in [4.78, 5) is 4.33. The minimum atomic E-state index is -0.164. The van der Waals surface area contributed by atoms with E-state index in [0.717, 1.165) is 22.4 Å². The Hall–Kier alpha value is -4.23. The van der Waals surface area contributed by atoms with Crippen LogP contribution in [0.15, 0.2) is 89.9 Å². The summed E-state index contributed by atoms with van der Waals surface area (Å²) in [6.45, 7) is 0.977. The van der Waals surface area contributed by atoms with Gasteiger partial charge in [-0.1, -0.05) is 66.7 Å². The molecule has 34 heavy (non-hydrogen) atoms. The summed E-state index contributed by atoms with van der Waals surface area (Å²) in [7, 11) is 0. The van der Waals surface area contributed by atoms with E-state index in [1.54, 1.807) is 12.3 Å². The number of rotatable bonds is 9. The van der Waals surface area contributed by atoms with Crippen molar-refractivity contribution in [3.63, 3.8) is 0 Å². The topological polar surface area (TPSA) is 91.9 Å². The molecule has 1 aliphatic rings. The molecule has 1 atom stereocenters. The predicted molar refractivity (Wildman–Crippen MR) is 129 cm³/mol. The summed E-state index contributed by atoms with van der Waals surface area (Å²) in [6, 6.07) is 27.1. The highest BCUT2D eigenvalue weighted by Crippen LogP contribution is 2.33. The molecule has 170 valence electrons. The summed E-state index contributed by atoms with van der Waals surface area (Å²) >= 11 is 0. The van der Waals surface area contributed by atoms with Crippen molar-refractivity contribution in [2.75, 3.05) is 0 Å². The summed E-state index contributed by atoms with van der Waals surface area (Å²) < 4.78 is 17.9. The van der Waals surface area contributed by atoms with Gasteiger partial charge in [0.15, 0.2) is 5.75 Å². The molecule has 3 aromatic carbocycles. The van der Waals surface area contributed by atoms with E-state index in [1.165, 1.54) is 0 Å². The van der Waals surface area contributed by atoms with Gasteiger partial charge in [0.25, 0.3) is 5.88 Å². The molecule has 1 aliphatic heterocycles. The van der Waals surface area contributed by atoms with Crippen LogP contribution in [0, 0.1) is 0 Å². The first-order valence-corrected chi connectivity index (χ1v) is 11.0. The van der Waals surface area contributed by atoms with Crippen molar-refractivity contribution in [2.45, 2.75) is 25.9 Å². The van der Waals surface area contributed by atoms with Gasteiger partial charge in [-0.05, 0) is 17.2 Å². The van der Waals surface area contributed by atoms with Crippen LogP contribution < -0.4 is 19.9 Å². The van der Waals surface area contributed by atoms with Gasteiger partial charge in [-0.3, -0.25) is 4.99 Å². The van der Waals surface area contributed by atoms with Crippen LogP contribution in [-0.4, -0.2) is 16.4 Å². The van der Waals surface area contributed by atoms with Crippen molar-refractivity contribution in [2.24, 2.45) is 10.7 Å². The average Bonchev–Trinajstić information content (AvgIpc) is 3.26. The molecule has 0 fully saturated rings. The zero-order chi connectivity index (χ0) is 23.2. The number of aromatic nitrogens is 2. The molecule has 5 rings (SSSR count). The number of benzene rings is 3. The lowest BCUT2D eigenvalue weighted by Crippen LogP contribution is -2.08. The average molecular weight is 453 g/mol. The van der Waals surface area contributed by atoms with E-state index >= 15 is 0 Å². The summed E-state index contributed by atoms with van der Waals surface area (Å²) in [5, 5.41) is 8.55. The van der Waals surface area contributed by atoms with Gasteiger partial charge in [0.1, 0.15) is 31.3 Å². The number of aliphatic imine (C=N–C) groups is 1. The highest BCUT2D eigenvalue weighted by Gasteiger charge is 2.16. The first kappa shape index (κ1) is 21.6. The van der Waals surface area contributed by atoms with Crippen molar-refractivity contribution in [3.8, 4) is 17.4 Å². The van der Waals surface area contributed by atoms with Crippen LogP contribution in [0.3, 0.4) is 0 Å². The Morgan fingerprint density at radius 1 is 0.706 bits per heavy atom. The van der Waals surface area contributed by atoms with E-state index in [9.17, 15) is 0 Å². The molecule has 4 aromatic rings. The monoisotopic (exact) mass is 452 g/mol. The van der Waals surface area contributed by atoms with Crippen LogP contribution in [-0.2, 0) is 19.8 Å². The van der Waals surface area contributed by atoms with E-state index in [1.807, 2.05) is 78.9 Å². The van der Waals surface area contributed by atoms with Crippen LogP contribution in [0.5, 0.6) is 17.4 Å². The van der Waals surface area contributed by atoms with E-state index in [2.05, 4.69) is 15.2 Å². The number of hydrogen-bond donors (Lipinski definition) is 1. The molecule has 1 aromatic heterocycles. The molecule has 0 saturated heterocycles. The molecule has 0 radical (unpaired) electrons. The van der Waals surface area contributed by atoms with E-state index < -0.39 is 0 Å². The van der Waals surface area contributed by atoms with Gasteiger partial charge in [-0.2, -0.15) is 0 Å². The summed E-state index contributed by atoms with van der Waals surface area (Å²) in [6.07, 6.45) is 1.73. The van der Waals surface area contributed by atoms with Gasteiger partial charge in [0.2, 0.25) is 0 Å². The normalized spacial score (nSPS) is 14.0. The molecule has 0 bridgehead atoms. The second-order valence-corrected chi connectivity index (χ2v) is 7.87. The van der Waals surface area contributed by atoms with Gasteiger partial charge in [0, 0.05) is 23.9 Å². The Balaban J connectivity index is 1.30. The zero-order valence-corrected chi connectivity index (χ0v) is 18.5. The highest BCUT2D eigenvalue weighted by atomic mass is 16.5. The van der Waals surface area contributed by atoms with Crippen LogP contribution in [0.1, 0.15) is 28.4 Å². The molecule has 7 nitrogen and oxygen atoms in total. The summed E-state index contributed by atoms with van der Waals surface area (Å²) in [5.74, 6) is 1.53. The van der Waals surface area contributed by atoms with E-state index in [4.69, 9.17) is 19.9 Å². The lowest BCUT2D eigenvalue weighted by Gasteiger charge is -2.13. The van der Waals surface area contributed by atoms with Crippen molar-refractivity contribution >= 4 is 11.9 Å². The second kappa shape index (κ2) is 10.1. The minimum absolute atomic E-state index is 0.164. The van der Waals surface area contributed by atoms with Gasteiger partial charge in [-0.15, -0.1) is 10.2 Å². The molecular formula is C27H24N4O3. The second-order valence-electron chi connectivity index (χ2n) is 7.87. The Morgan fingerprint density at radius 2 is 1.41 bits per heavy atom. The maximum atomic E-state index is 6.06. The standard InChI is InChI=1S/C27H24N4O3/c28-24-15-29-25-14-22(11-12-23(24)25)32-18-21-13-26(33-16-19-7-3-1-4-8-19)27(31-30-21)34-17-20-9-5-2-6-10-20/h1-15,24H,16-18,28H2. The fourth-order valence-corrected chi connectivity index (χ4v) is 3.54. The third kappa shape index (κ3) is 5.22. The molecule has 0 spiro atoms. The molecular weight excluding hydrogens is 428 g/mol. The van der Waals surface area contributed by atoms with Crippen LogP contribution in [0.4, 0.5) is 5.69 Å². The lowest BCUT2D eigenvalue weighted by molar-refractivity contribution is 0.240. The predicted octanol–water partition coefficient (Wildman–Crippen LogP) is 4.93. The minimum Gasteiger partial charge on any atom is -0.487 e. The molecule has 7 heteroatoms. The van der Waals surface area contributed by atoms with Crippen molar-refractivity contribution in [1.29, 1.82) is 0 Å². The largest absolute Gasteiger partial charge is 0.487 e. The molecule has 0 amide bonds. The molecule has 1 unspecified atom stereocenters. The fourth-order valence-electron chi connectivity index (χ4n) is 3.54. The van der Waals surface area contributed by atoms with Crippen LogP contribution >= 0.6 is 0 Å². The van der Waals surface area contributed by atoms with Crippen molar-refractivity contribution < 1.29 is 14.2 Å². The van der Waals surface area contributed by atoms with Gasteiger partial charge in [-0.25, -0.2) is 0 Å². The SMILES string of the molecule is NC1C=Nc2cc(OCc3cc(OCc4ccccc4)c(OCc4ccccc4)nn3)ccc21. The van der Waals surface area contributed by atoms with Gasteiger partial charge >= 0.3 is 0 Å². The quantitative estimate of drug-likeness (QED) is 0.387. The third-order valence-corrected chi connectivity index (χ3v) is 5.36. The van der Waals surface area contributed by atoms with Crippen LogP contribution in [0.2, 0.25) is 0 Å². The lowest BCUT2D eigenvalue weighted by atomic mass is 10.1. The number of ether oxygens (including phenoxy) is 3. The first-order valence-electron chi connectivity index (χ1n) is 11.0. The van der Waals surface area contributed by atoms with Gasteiger partial charge < -0.3 is 19.9 Å². The molecule has 2 N–H and O–H groups in total. The molecule has 0 saturated carbocycles. The van der Waals surface area contributed by atoms with Crippen LogP contribution in [0.25, 0.3) is 0 Å². The number of fused-ring (bicyclic) bond motifs is 1. The third-order valence-electron chi connectivity index (χ3n) is 5.36.